The highest BCUT2D eigenvalue weighted by atomic mass is 35.5. The Hall–Kier alpha value is -0.580. The zero-order valence-corrected chi connectivity index (χ0v) is 14.5. The third-order valence-corrected chi connectivity index (χ3v) is 5.75. The lowest BCUT2D eigenvalue weighted by Crippen LogP contribution is -2.34. The van der Waals surface area contributed by atoms with Crippen molar-refractivity contribution in [3.63, 3.8) is 0 Å². The lowest BCUT2D eigenvalue weighted by atomic mass is 10.1. The molecule has 0 N–H and O–H groups in total. The van der Waals surface area contributed by atoms with Crippen LogP contribution in [-0.2, 0) is 15.9 Å². The molecular formula is C15H24ClNO2S. The molecule has 0 aliphatic carbocycles. The van der Waals surface area contributed by atoms with Crippen LogP contribution in [0, 0.1) is 19.8 Å². The second-order valence-corrected chi connectivity index (χ2v) is 7.69. The van der Waals surface area contributed by atoms with E-state index in [4.69, 9.17) is 11.6 Å². The quantitative estimate of drug-likeness (QED) is 0.750. The molecule has 0 radical (unpaired) electrons. The van der Waals surface area contributed by atoms with Gasteiger partial charge < -0.3 is 0 Å². The fourth-order valence-corrected chi connectivity index (χ4v) is 4.30. The molecule has 1 rings (SSSR count). The van der Waals surface area contributed by atoms with E-state index in [1.54, 1.807) is 6.07 Å². The average Bonchev–Trinajstić information content (AvgIpc) is 2.38. The van der Waals surface area contributed by atoms with Gasteiger partial charge >= 0.3 is 0 Å². The number of hydrogen-bond acceptors (Lipinski definition) is 2. The zero-order valence-electron chi connectivity index (χ0n) is 12.9. The number of aryl methyl sites for hydroxylation is 1. The van der Waals surface area contributed by atoms with E-state index in [1.807, 2.05) is 40.7 Å². The first kappa shape index (κ1) is 17.5. The summed E-state index contributed by atoms with van der Waals surface area (Å²) >= 11 is 5.86. The fourth-order valence-electron chi connectivity index (χ4n) is 2.19. The molecule has 0 spiro atoms. The molecule has 0 aromatic heterocycles. The summed E-state index contributed by atoms with van der Waals surface area (Å²) < 4.78 is 27.2. The van der Waals surface area contributed by atoms with Gasteiger partial charge in [0.05, 0.1) is 4.90 Å². The second-order valence-electron chi connectivity index (χ2n) is 5.52. The van der Waals surface area contributed by atoms with Crippen molar-refractivity contribution in [2.75, 3.05) is 13.1 Å². The van der Waals surface area contributed by atoms with Gasteiger partial charge in [0, 0.05) is 19.0 Å². The topological polar surface area (TPSA) is 37.4 Å². The number of alkyl halides is 1. The van der Waals surface area contributed by atoms with Crippen LogP contribution in [0.5, 0.6) is 0 Å². The van der Waals surface area contributed by atoms with Gasteiger partial charge in [0.25, 0.3) is 0 Å². The largest absolute Gasteiger partial charge is 0.243 e. The Balaban J connectivity index is 3.37. The van der Waals surface area contributed by atoms with E-state index in [1.165, 1.54) is 4.31 Å². The van der Waals surface area contributed by atoms with Crippen LogP contribution in [0.25, 0.3) is 0 Å². The molecule has 3 nitrogen and oxygen atoms in total. The minimum absolute atomic E-state index is 0.294. The van der Waals surface area contributed by atoms with Crippen molar-refractivity contribution in [2.45, 2.75) is 45.4 Å². The maximum Gasteiger partial charge on any atom is 0.243 e. The maximum absolute atomic E-state index is 12.8. The van der Waals surface area contributed by atoms with E-state index >= 15 is 0 Å². The predicted molar refractivity (Wildman–Crippen MR) is 84.7 cm³/mol. The predicted octanol–water partition coefficient (Wildman–Crippen LogP) is 3.71. The van der Waals surface area contributed by atoms with Gasteiger partial charge in [-0.25, -0.2) is 8.42 Å². The number of halogens is 1. The van der Waals surface area contributed by atoms with Crippen molar-refractivity contribution in [2.24, 2.45) is 5.92 Å². The van der Waals surface area contributed by atoms with Crippen molar-refractivity contribution in [1.82, 2.24) is 4.31 Å². The molecule has 0 heterocycles. The standard InChI is InChI=1S/C15H24ClNO2S/c1-6-17(10-11(2)3)20(18,19)15-8-14(9-16)7-12(4)13(15)5/h7-8,11H,6,9-10H2,1-5H3. The Bertz CT molecular complexity index is 567. The summed E-state index contributed by atoms with van der Waals surface area (Å²) in [5.74, 6) is 0.613. The molecule has 0 unspecified atom stereocenters. The molecule has 1 aromatic rings. The van der Waals surface area contributed by atoms with Gasteiger partial charge in [-0.1, -0.05) is 26.8 Å². The fraction of sp³-hybridized carbons (Fsp3) is 0.600. The molecule has 0 amide bonds. The van der Waals surface area contributed by atoms with E-state index in [0.717, 1.165) is 16.7 Å². The minimum Gasteiger partial charge on any atom is -0.207 e. The third-order valence-electron chi connectivity index (χ3n) is 3.37. The smallest absolute Gasteiger partial charge is 0.207 e. The molecule has 20 heavy (non-hydrogen) atoms. The summed E-state index contributed by atoms with van der Waals surface area (Å²) in [4.78, 5) is 0.385. The lowest BCUT2D eigenvalue weighted by Gasteiger charge is -2.24. The van der Waals surface area contributed by atoms with Crippen molar-refractivity contribution in [1.29, 1.82) is 0 Å². The molecule has 0 aliphatic heterocycles. The Labute approximate surface area is 128 Å². The molecule has 0 saturated carbocycles. The lowest BCUT2D eigenvalue weighted by molar-refractivity contribution is 0.380. The highest BCUT2D eigenvalue weighted by Gasteiger charge is 2.26. The first-order chi connectivity index (χ1) is 9.23. The molecule has 0 aliphatic rings. The minimum atomic E-state index is -3.46. The van der Waals surface area contributed by atoms with Crippen molar-refractivity contribution < 1.29 is 8.42 Å². The molecule has 1 aromatic carbocycles. The summed E-state index contributed by atoms with van der Waals surface area (Å²) in [5.41, 5.74) is 2.61. The molecule has 0 fully saturated rings. The Kier molecular flexibility index (Phi) is 6.05. The summed E-state index contributed by atoms with van der Waals surface area (Å²) in [6.07, 6.45) is 0. The van der Waals surface area contributed by atoms with E-state index in [2.05, 4.69) is 0 Å². The Morgan fingerprint density at radius 2 is 1.85 bits per heavy atom. The van der Waals surface area contributed by atoms with E-state index in [9.17, 15) is 8.42 Å². The van der Waals surface area contributed by atoms with Gasteiger partial charge in [0.2, 0.25) is 10.0 Å². The van der Waals surface area contributed by atoms with Crippen LogP contribution < -0.4 is 0 Å². The molecular weight excluding hydrogens is 294 g/mol. The zero-order chi connectivity index (χ0) is 15.5. The van der Waals surface area contributed by atoms with Gasteiger partial charge in [-0.3, -0.25) is 0 Å². The van der Waals surface area contributed by atoms with Crippen LogP contribution in [0.4, 0.5) is 0 Å². The first-order valence-corrected chi connectivity index (χ1v) is 8.87. The summed E-state index contributed by atoms with van der Waals surface area (Å²) in [7, 11) is -3.46. The van der Waals surface area contributed by atoms with Crippen LogP contribution in [0.1, 0.15) is 37.5 Å². The summed E-state index contributed by atoms with van der Waals surface area (Å²) in [6, 6.07) is 3.65. The second kappa shape index (κ2) is 6.92. The number of sulfonamides is 1. The maximum atomic E-state index is 12.8. The Morgan fingerprint density at radius 1 is 1.25 bits per heavy atom. The van der Waals surface area contributed by atoms with E-state index in [-0.39, 0.29) is 0 Å². The van der Waals surface area contributed by atoms with Crippen LogP contribution in [0.3, 0.4) is 0 Å². The van der Waals surface area contributed by atoms with Crippen LogP contribution >= 0.6 is 11.6 Å². The molecule has 114 valence electrons. The molecule has 0 bridgehead atoms. The van der Waals surface area contributed by atoms with E-state index in [0.29, 0.717) is 29.8 Å². The van der Waals surface area contributed by atoms with Crippen LogP contribution in [0.2, 0.25) is 0 Å². The number of rotatable bonds is 6. The molecule has 0 saturated heterocycles. The van der Waals surface area contributed by atoms with Gasteiger partial charge in [-0.05, 0) is 42.5 Å². The monoisotopic (exact) mass is 317 g/mol. The summed E-state index contributed by atoms with van der Waals surface area (Å²) in [5, 5.41) is 0. The summed E-state index contributed by atoms with van der Waals surface area (Å²) in [6.45, 7) is 10.7. The normalized spacial score (nSPS) is 12.4. The molecule has 5 heteroatoms. The first-order valence-electron chi connectivity index (χ1n) is 6.90. The third kappa shape index (κ3) is 3.74. The van der Waals surface area contributed by atoms with Crippen LogP contribution in [-0.4, -0.2) is 25.8 Å². The highest BCUT2D eigenvalue weighted by molar-refractivity contribution is 7.89. The van der Waals surface area contributed by atoms with Crippen LogP contribution in [0.15, 0.2) is 17.0 Å². The number of nitrogens with zero attached hydrogens (tertiary/aromatic N) is 1. The number of hydrogen-bond donors (Lipinski definition) is 0. The number of benzene rings is 1. The highest BCUT2D eigenvalue weighted by Crippen LogP contribution is 2.25. The van der Waals surface area contributed by atoms with Gasteiger partial charge in [0.1, 0.15) is 0 Å². The van der Waals surface area contributed by atoms with Gasteiger partial charge in [-0.2, -0.15) is 4.31 Å². The SMILES string of the molecule is CCN(CC(C)C)S(=O)(=O)c1cc(CCl)cc(C)c1C. The van der Waals surface area contributed by atoms with Gasteiger partial charge in [-0.15, -0.1) is 11.6 Å². The van der Waals surface area contributed by atoms with Crippen molar-refractivity contribution in [3.8, 4) is 0 Å². The van der Waals surface area contributed by atoms with Crippen molar-refractivity contribution in [3.05, 3.63) is 28.8 Å². The average molecular weight is 318 g/mol. The van der Waals surface area contributed by atoms with Gasteiger partial charge in [0.15, 0.2) is 0 Å². The van der Waals surface area contributed by atoms with E-state index < -0.39 is 10.0 Å². The van der Waals surface area contributed by atoms with Crippen molar-refractivity contribution >= 4 is 21.6 Å². The Morgan fingerprint density at radius 3 is 2.30 bits per heavy atom. The molecule has 0 atom stereocenters.